The molecule has 1 unspecified atom stereocenters. The number of carbonyl (C=O) groups excluding carboxylic acids is 4. The molecule has 2 aliphatic heterocycles. The van der Waals surface area contributed by atoms with Crippen molar-refractivity contribution >= 4 is 29.3 Å². The first-order valence-electron chi connectivity index (χ1n) is 12.7. The SMILES string of the molecule is CCCCCCCC/C(C)=C/C=C(\C)CNc1cccc2c1C(=O)N(C1CCC(=O)NC1=O)C2=O. The average molecular weight is 480 g/mol. The van der Waals surface area contributed by atoms with Crippen LogP contribution in [0.1, 0.15) is 99.3 Å². The molecule has 7 heteroatoms. The van der Waals surface area contributed by atoms with E-state index in [1.165, 1.54) is 44.1 Å². The van der Waals surface area contributed by atoms with Crippen molar-refractivity contribution in [3.63, 3.8) is 0 Å². The molecule has 0 spiro atoms. The molecule has 2 N–H and O–H groups in total. The lowest BCUT2D eigenvalue weighted by Crippen LogP contribution is -2.54. The lowest BCUT2D eigenvalue weighted by Gasteiger charge is -2.27. The Hall–Kier alpha value is -3.22. The van der Waals surface area contributed by atoms with Gasteiger partial charge in [0.05, 0.1) is 11.1 Å². The average Bonchev–Trinajstić information content (AvgIpc) is 3.09. The van der Waals surface area contributed by atoms with Gasteiger partial charge in [-0.3, -0.25) is 29.4 Å². The fraction of sp³-hybridized carbons (Fsp3) is 0.500. The highest BCUT2D eigenvalue weighted by atomic mass is 16.2. The van der Waals surface area contributed by atoms with Gasteiger partial charge in [0, 0.05) is 18.7 Å². The number of allylic oxidation sites excluding steroid dienone is 3. The van der Waals surface area contributed by atoms with E-state index in [9.17, 15) is 19.2 Å². The van der Waals surface area contributed by atoms with E-state index in [0.29, 0.717) is 12.2 Å². The first kappa shape index (κ1) is 26.4. The minimum atomic E-state index is -0.964. The normalized spacial score (nSPS) is 18.7. The Morgan fingerprint density at radius 3 is 2.46 bits per heavy atom. The van der Waals surface area contributed by atoms with Crippen molar-refractivity contribution in [1.82, 2.24) is 10.2 Å². The van der Waals surface area contributed by atoms with Crippen LogP contribution in [0.15, 0.2) is 41.5 Å². The number of hydrogen-bond acceptors (Lipinski definition) is 5. The smallest absolute Gasteiger partial charge is 0.264 e. The molecule has 0 saturated carbocycles. The molecule has 188 valence electrons. The standard InChI is InChI=1S/C28H37N3O4/c1-4-5-6-7-8-9-11-19(2)14-15-20(3)18-29-22-13-10-12-21-25(22)28(35)31(27(21)34)23-16-17-24(32)30-26(23)33/h10,12-15,23,29H,4-9,11,16-18H2,1-3H3,(H,30,32,33)/b19-14+,20-15+. The highest BCUT2D eigenvalue weighted by Crippen LogP contribution is 2.32. The first-order chi connectivity index (χ1) is 16.8. The zero-order valence-corrected chi connectivity index (χ0v) is 21.1. The van der Waals surface area contributed by atoms with E-state index in [0.717, 1.165) is 16.9 Å². The molecule has 1 atom stereocenters. The number of rotatable bonds is 12. The first-order valence-corrected chi connectivity index (χ1v) is 12.7. The fourth-order valence-corrected chi connectivity index (χ4v) is 4.51. The maximum absolute atomic E-state index is 13.2. The summed E-state index contributed by atoms with van der Waals surface area (Å²) in [4.78, 5) is 50.9. The van der Waals surface area contributed by atoms with Crippen molar-refractivity contribution in [2.45, 2.75) is 84.6 Å². The third-order valence-electron chi connectivity index (χ3n) is 6.60. The topological polar surface area (TPSA) is 95.6 Å². The Kier molecular flexibility index (Phi) is 9.40. The van der Waals surface area contributed by atoms with Crippen LogP contribution in [-0.4, -0.2) is 41.1 Å². The van der Waals surface area contributed by atoms with Crippen molar-refractivity contribution in [3.8, 4) is 0 Å². The zero-order chi connectivity index (χ0) is 25.4. The van der Waals surface area contributed by atoms with Crippen LogP contribution in [0.5, 0.6) is 0 Å². The number of carbonyl (C=O) groups is 4. The molecular formula is C28H37N3O4. The molecule has 3 rings (SSSR count). The number of benzene rings is 1. The van der Waals surface area contributed by atoms with Crippen molar-refractivity contribution in [3.05, 3.63) is 52.6 Å². The van der Waals surface area contributed by atoms with Crippen molar-refractivity contribution in [2.24, 2.45) is 0 Å². The molecule has 35 heavy (non-hydrogen) atoms. The number of imide groups is 2. The van der Waals surface area contributed by atoms with E-state index in [1.807, 2.05) is 6.92 Å². The summed E-state index contributed by atoms with van der Waals surface area (Å²) in [6.07, 6.45) is 13.3. The van der Waals surface area contributed by atoms with Crippen LogP contribution in [0.3, 0.4) is 0 Å². The maximum atomic E-state index is 13.2. The van der Waals surface area contributed by atoms with Gasteiger partial charge in [-0.15, -0.1) is 0 Å². The number of nitrogens with zero attached hydrogens (tertiary/aromatic N) is 1. The molecule has 1 saturated heterocycles. The van der Waals surface area contributed by atoms with Crippen molar-refractivity contribution in [1.29, 1.82) is 0 Å². The molecular weight excluding hydrogens is 442 g/mol. The van der Waals surface area contributed by atoms with Gasteiger partial charge < -0.3 is 5.32 Å². The third kappa shape index (κ3) is 6.68. The van der Waals surface area contributed by atoms with Gasteiger partial charge in [-0.05, 0) is 45.2 Å². The van der Waals surface area contributed by atoms with E-state index < -0.39 is 23.8 Å². The van der Waals surface area contributed by atoms with Crippen LogP contribution < -0.4 is 10.6 Å². The van der Waals surface area contributed by atoms with Gasteiger partial charge in [-0.25, -0.2) is 0 Å². The van der Waals surface area contributed by atoms with Crippen LogP contribution in [-0.2, 0) is 9.59 Å². The second-order valence-electron chi connectivity index (χ2n) is 9.57. The molecule has 0 bridgehead atoms. The number of piperidine rings is 1. The number of unbranched alkanes of at least 4 members (excludes halogenated alkanes) is 5. The van der Waals surface area contributed by atoms with E-state index in [4.69, 9.17) is 0 Å². The number of fused-ring (bicyclic) bond motifs is 1. The predicted molar refractivity (Wildman–Crippen MR) is 137 cm³/mol. The monoisotopic (exact) mass is 479 g/mol. The van der Waals surface area contributed by atoms with Crippen LogP contribution >= 0.6 is 0 Å². The molecule has 1 fully saturated rings. The summed E-state index contributed by atoms with van der Waals surface area (Å²) in [5.74, 6) is -1.99. The molecule has 0 radical (unpaired) electrons. The van der Waals surface area contributed by atoms with Crippen LogP contribution in [0.4, 0.5) is 5.69 Å². The molecule has 1 aromatic rings. The highest BCUT2D eigenvalue weighted by molar-refractivity contribution is 6.25. The van der Waals surface area contributed by atoms with Gasteiger partial charge in [-0.1, -0.05) is 68.4 Å². The fourth-order valence-electron chi connectivity index (χ4n) is 4.51. The summed E-state index contributed by atoms with van der Waals surface area (Å²) in [7, 11) is 0. The van der Waals surface area contributed by atoms with E-state index in [2.05, 4.69) is 36.6 Å². The molecule has 1 aromatic carbocycles. The van der Waals surface area contributed by atoms with Gasteiger partial charge in [0.25, 0.3) is 11.8 Å². The van der Waals surface area contributed by atoms with E-state index in [-0.39, 0.29) is 29.9 Å². The summed E-state index contributed by atoms with van der Waals surface area (Å²) in [6, 6.07) is 4.13. The van der Waals surface area contributed by atoms with Crippen molar-refractivity contribution < 1.29 is 19.2 Å². The van der Waals surface area contributed by atoms with Crippen LogP contribution in [0.25, 0.3) is 0 Å². The Morgan fingerprint density at radius 1 is 1.00 bits per heavy atom. The lowest BCUT2D eigenvalue weighted by molar-refractivity contribution is -0.136. The van der Waals surface area contributed by atoms with E-state index in [1.54, 1.807) is 18.2 Å². The Morgan fingerprint density at radius 2 is 1.71 bits per heavy atom. The Balaban J connectivity index is 1.59. The highest BCUT2D eigenvalue weighted by Gasteiger charge is 2.45. The molecule has 0 aromatic heterocycles. The summed E-state index contributed by atoms with van der Waals surface area (Å²) in [5, 5.41) is 5.50. The second-order valence-corrected chi connectivity index (χ2v) is 9.57. The lowest BCUT2D eigenvalue weighted by atomic mass is 10.0. The van der Waals surface area contributed by atoms with Crippen LogP contribution in [0.2, 0.25) is 0 Å². The van der Waals surface area contributed by atoms with Crippen LogP contribution in [0, 0.1) is 0 Å². The number of nitrogens with one attached hydrogen (secondary N) is 2. The Labute approximate surface area is 208 Å². The largest absolute Gasteiger partial charge is 0.381 e. The summed E-state index contributed by atoms with van der Waals surface area (Å²) in [5.41, 5.74) is 3.58. The Bertz CT molecular complexity index is 1040. The second kappa shape index (κ2) is 12.5. The quantitative estimate of drug-likeness (QED) is 0.246. The molecule has 2 heterocycles. The predicted octanol–water partition coefficient (Wildman–Crippen LogP) is 5.14. The van der Waals surface area contributed by atoms with Crippen molar-refractivity contribution in [2.75, 3.05) is 11.9 Å². The van der Waals surface area contributed by atoms with Gasteiger partial charge >= 0.3 is 0 Å². The minimum absolute atomic E-state index is 0.102. The van der Waals surface area contributed by atoms with Gasteiger partial charge in [0.2, 0.25) is 11.8 Å². The zero-order valence-electron chi connectivity index (χ0n) is 21.1. The van der Waals surface area contributed by atoms with Gasteiger partial charge in [0.1, 0.15) is 6.04 Å². The summed E-state index contributed by atoms with van der Waals surface area (Å²) in [6.45, 7) is 6.93. The number of hydrogen-bond donors (Lipinski definition) is 2. The summed E-state index contributed by atoms with van der Waals surface area (Å²) >= 11 is 0. The third-order valence-corrected chi connectivity index (χ3v) is 6.60. The minimum Gasteiger partial charge on any atom is -0.381 e. The molecule has 2 aliphatic rings. The van der Waals surface area contributed by atoms with Gasteiger partial charge in [0.15, 0.2) is 0 Å². The maximum Gasteiger partial charge on any atom is 0.264 e. The van der Waals surface area contributed by atoms with E-state index >= 15 is 0 Å². The number of anilines is 1. The molecule has 0 aliphatic carbocycles. The number of amides is 4. The summed E-state index contributed by atoms with van der Waals surface area (Å²) < 4.78 is 0. The molecule has 7 nitrogen and oxygen atoms in total. The van der Waals surface area contributed by atoms with Gasteiger partial charge in [-0.2, -0.15) is 0 Å². The molecule has 4 amide bonds.